The second kappa shape index (κ2) is 9.17. The van der Waals surface area contributed by atoms with Gasteiger partial charge in [0.05, 0.1) is 18.8 Å². The third kappa shape index (κ3) is 4.81. The van der Waals surface area contributed by atoms with Crippen molar-refractivity contribution in [2.45, 2.75) is 25.8 Å². The Morgan fingerprint density at radius 1 is 0.967 bits per heavy atom. The van der Waals surface area contributed by atoms with E-state index >= 15 is 0 Å². The molecule has 0 radical (unpaired) electrons. The zero-order valence-corrected chi connectivity index (χ0v) is 16.6. The number of aromatic nitrogens is 2. The number of hydrogen-bond donors (Lipinski definition) is 1. The van der Waals surface area contributed by atoms with Crippen LogP contribution < -0.4 is 5.32 Å². The smallest absolute Gasteiger partial charge is 0.243 e. The van der Waals surface area contributed by atoms with Gasteiger partial charge in [-0.3, -0.25) is 14.3 Å². The summed E-state index contributed by atoms with van der Waals surface area (Å²) in [5.74, 6) is -0.330. The number of para-hydroxylation sites is 1. The maximum atomic E-state index is 12.5. The second-order valence-electron chi connectivity index (χ2n) is 7.09. The van der Waals surface area contributed by atoms with Crippen molar-refractivity contribution in [1.29, 1.82) is 0 Å². The van der Waals surface area contributed by atoms with Crippen molar-refractivity contribution in [1.82, 2.24) is 14.8 Å². The van der Waals surface area contributed by atoms with Crippen LogP contribution in [0.15, 0.2) is 78.2 Å². The van der Waals surface area contributed by atoms with E-state index in [9.17, 15) is 9.59 Å². The van der Waals surface area contributed by atoms with Crippen molar-refractivity contribution in [3.8, 4) is 0 Å². The molecule has 3 aromatic rings. The van der Waals surface area contributed by atoms with Gasteiger partial charge in [-0.2, -0.15) is 10.2 Å². The number of benzene rings is 2. The first kappa shape index (κ1) is 19.6. The SMILES string of the molecule is O=C(CCC(=O)N1CCC(c2ccccc2)=N1)Nc1ccccc1Cn1cccn1. The fourth-order valence-corrected chi connectivity index (χ4v) is 3.38. The molecule has 7 nitrogen and oxygen atoms in total. The fraction of sp³-hybridized carbons (Fsp3) is 0.217. The van der Waals surface area contributed by atoms with Crippen LogP contribution in [-0.4, -0.2) is 38.9 Å². The van der Waals surface area contributed by atoms with Crippen molar-refractivity contribution in [2.24, 2.45) is 5.10 Å². The molecule has 0 bridgehead atoms. The molecule has 0 spiro atoms. The molecule has 0 fully saturated rings. The number of anilines is 1. The molecule has 0 saturated heterocycles. The summed E-state index contributed by atoms with van der Waals surface area (Å²) < 4.78 is 1.80. The quantitative estimate of drug-likeness (QED) is 0.660. The van der Waals surface area contributed by atoms with Crippen molar-refractivity contribution in [3.63, 3.8) is 0 Å². The molecule has 30 heavy (non-hydrogen) atoms. The first-order valence-electron chi connectivity index (χ1n) is 9.97. The number of carbonyl (C=O) groups excluding carboxylic acids is 2. The number of nitrogens with zero attached hydrogens (tertiary/aromatic N) is 4. The minimum atomic E-state index is -0.192. The van der Waals surface area contributed by atoms with Gasteiger partial charge >= 0.3 is 0 Å². The van der Waals surface area contributed by atoms with E-state index in [0.29, 0.717) is 13.1 Å². The lowest BCUT2D eigenvalue weighted by molar-refractivity contribution is -0.132. The summed E-state index contributed by atoms with van der Waals surface area (Å²) in [6.45, 7) is 1.12. The Morgan fingerprint density at radius 3 is 2.57 bits per heavy atom. The zero-order chi connectivity index (χ0) is 20.8. The van der Waals surface area contributed by atoms with E-state index < -0.39 is 0 Å². The molecule has 0 atom stereocenters. The number of nitrogens with one attached hydrogen (secondary N) is 1. The van der Waals surface area contributed by atoms with Crippen LogP contribution in [0, 0.1) is 0 Å². The van der Waals surface area contributed by atoms with Crippen molar-refractivity contribution < 1.29 is 9.59 Å². The summed E-state index contributed by atoms with van der Waals surface area (Å²) in [6.07, 6.45) is 4.55. The van der Waals surface area contributed by atoms with Crippen LogP contribution in [0.3, 0.4) is 0 Å². The molecule has 1 aromatic heterocycles. The minimum Gasteiger partial charge on any atom is -0.326 e. The molecule has 0 aliphatic carbocycles. The number of hydrazone groups is 1. The van der Waals surface area contributed by atoms with Gasteiger partial charge in [0.15, 0.2) is 0 Å². The average Bonchev–Trinajstić information content (AvgIpc) is 3.46. The molecular formula is C23H23N5O2. The largest absolute Gasteiger partial charge is 0.326 e. The maximum absolute atomic E-state index is 12.5. The maximum Gasteiger partial charge on any atom is 0.243 e. The van der Waals surface area contributed by atoms with Crippen molar-refractivity contribution >= 4 is 23.2 Å². The molecule has 2 aromatic carbocycles. The number of hydrogen-bond acceptors (Lipinski definition) is 4. The van der Waals surface area contributed by atoms with E-state index in [4.69, 9.17) is 0 Å². The van der Waals surface area contributed by atoms with E-state index in [1.165, 1.54) is 5.01 Å². The average molecular weight is 401 g/mol. The molecular weight excluding hydrogens is 378 g/mol. The topological polar surface area (TPSA) is 79.6 Å². The van der Waals surface area contributed by atoms with Crippen LogP contribution in [0.4, 0.5) is 5.69 Å². The molecule has 152 valence electrons. The molecule has 0 unspecified atom stereocenters. The van der Waals surface area contributed by atoms with Gasteiger partial charge < -0.3 is 5.32 Å². The number of amides is 2. The molecule has 1 aliphatic heterocycles. The van der Waals surface area contributed by atoms with Gasteiger partial charge in [-0.15, -0.1) is 0 Å². The highest BCUT2D eigenvalue weighted by Gasteiger charge is 2.22. The van der Waals surface area contributed by atoms with Gasteiger partial charge in [0, 0.05) is 37.3 Å². The first-order chi connectivity index (χ1) is 14.7. The molecule has 1 aliphatic rings. The molecule has 1 N–H and O–H groups in total. The highest BCUT2D eigenvalue weighted by Crippen LogP contribution is 2.18. The summed E-state index contributed by atoms with van der Waals surface area (Å²) >= 11 is 0. The van der Waals surface area contributed by atoms with Gasteiger partial charge in [0.1, 0.15) is 0 Å². The van der Waals surface area contributed by atoms with E-state index in [1.54, 1.807) is 10.9 Å². The van der Waals surface area contributed by atoms with Crippen LogP contribution in [0.5, 0.6) is 0 Å². The molecule has 4 rings (SSSR count). The Kier molecular flexibility index (Phi) is 5.98. The molecule has 2 heterocycles. The lowest BCUT2D eigenvalue weighted by Crippen LogP contribution is -2.25. The highest BCUT2D eigenvalue weighted by atomic mass is 16.2. The van der Waals surface area contributed by atoms with Crippen LogP contribution in [0.25, 0.3) is 0 Å². The Balaban J connectivity index is 1.31. The number of rotatable bonds is 7. The van der Waals surface area contributed by atoms with Crippen LogP contribution in [0.2, 0.25) is 0 Å². The van der Waals surface area contributed by atoms with Crippen LogP contribution >= 0.6 is 0 Å². The Labute approximate surface area is 175 Å². The predicted octanol–water partition coefficient (Wildman–Crippen LogP) is 3.29. The predicted molar refractivity (Wildman–Crippen MR) is 115 cm³/mol. The highest BCUT2D eigenvalue weighted by molar-refractivity contribution is 6.02. The van der Waals surface area contributed by atoms with E-state index in [-0.39, 0.29) is 24.7 Å². The van der Waals surface area contributed by atoms with Gasteiger partial charge in [-0.05, 0) is 23.3 Å². The van der Waals surface area contributed by atoms with Gasteiger partial charge in [0.25, 0.3) is 0 Å². The zero-order valence-electron chi connectivity index (χ0n) is 16.6. The molecule has 0 saturated carbocycles. The fourth-order valence-electron chi connectivity index (χ4n) is 3.38. The standard InChI is InChI=1S/C23H23N5O2/c29-22(25-20-10-5-4-9-19(20)17-27-15-6-14-24-27)11-12-23(30)28-16-13-21(26-28)18-7-2-1-3-8-18/h1-10,14-15H,11-13,16-17H2,(H,25,29). The Bertz CT molecular complexity index is 1040. The van der Waals surface area contributed by atoms with E-state index in [0.717, 1.165) is 28.9 Å². The lowest BCUT2D eigenvalue weighted by Gasteiger charge is -2.13. The van der Waals surface area contributed by atoms with Crippen LogP contribution in [0.1, 0.15) is 30.4 Å². The van der Waals surface area contributed by atoms with Crippen molar-refractivity contribution in [2.75, 3.05) is 11.9 Å². The van der Waals surface area contributed by atoms with Gasteiger partial charge in [0.2, 0.25) is 11.8 Å². The molecule has 7 heteroatoms. The Hall–Kier alpha value is -3.74. The van der Waals surface area contributed by atoms with Gasteiger partial charge in [-0.1, -0.05) is 48.5 Å². The normalized spacial score (nSPS) is 13.2. The summed E-state index contributed by atoms with van der Waals surface area (Å²) in [6, 6.07) is 19.3. The summed E-state index contributed by atoms with van der Waals surface area (Å²) in [5, 5.41) is 13.0. The first-order valence-corrected chi connectivity index (χ1v) is 9.97. The lowest BCUT2D eigenvalue weighted by atomic mass is 10.1. The monoisotopic (exact) mass is 401 g/mol. The minimum absolute atomic E-state index is 0.113. The second-order valence-corrected chi connectivity index (χ2v) is 7.09. The molecule has 2 amide bonds. The van der Waals surface area contributed by atoms with E-state index in [2.05, 4.69) is 15.5 Å². The summed E-state index contributed by atoms with van der Waals surface area (Å²) in [7, 11) is 0. The third-order valence-electron chi connectivity index (χ3n) is 4.95. The van der Waals surface area contributed by atoms with Crippen molar-refractivity contribution in [3.05, 3.63) is 84.2 Å². The third-order valence-corrected chi connectivity index (χ3v) is 4.95. The number of carbonyl (C=O) groups is 2. The summed E-state index contributed by atoms with van der Waals surface area (Å²) in [4.78, 5) is 24.9. The van der Waals surface area contributed by atoms with Gasteiger partial charge in [-0.25, -0.2) is 5.01 Å². The Morgan fingerprint density at radius 2 is 1.77 bits per heavy atom. The van der Waals surface area contributed by atoms with E-state index in [1.807, 2.05) is 66.9 Å². The van der Waals surface area contributed by atoms with Crippen LogP contribution in [-0.2, 0) is 16.1 Å². The summed E-state index contributed by atoms with van der Waals surface area (Å²) in [5.41, 5.74) is 3.62.